The molecule has 4 rings (SSSR count). The Hall–Kier alpha value is -1.78. The maximum atomic E-state index is 12.5. The Morgan fingerprint density at radius 2 is 2.05 bits per heavy atom. The molecule has 1 aromatic heterocycles. The van der Waals surface area contributed by atoms with Gasteiger partial charge in [-0.05, 0) is 49.7 Å². The first-order valence-electron chi connectivity index (χ1n) is 8.31. The number of nitrogens with zero attached hydrogens (tertiary/aromatic N) is 1. The molecule has 118 valence electrons. The van der Waals surface area contributed by atoms with Crippen molar-refractivity contribution >= 4 is 11.8 Å². The lowest BCUT2D eigenvalue weighted by Gasteiger charge is -2.20. The highest BCUT2D eigenvalue weighted by molar-refractivity contribution is 5.89. The molecule has 0 spiro atoms. The van der Waals surface area contributed by atoms with Crippen LogP contribution in [0, 0.1) is 17.8 Å². The molecule has 5 heteroatoms. The van der Waals surface area contributed by atoms with Gasteiger partial charge in [0.1, 0.15) is 5.76 Å². The Balaban J connectivity index is 1.34. The zero-order valence-corrected chi connectivity index (χ0v) is 12.7. The van der Waals surface area contributed by atoms with E-state index in [-0.39, 0.29) is 17.7 Å². The molecule has 0 bridgehead atoms. The van der Waals surface area contributed by atoms with E-state index in [9.17, 15) is 9.59 Å². The van der Waals surface area contributed by atoms with Crippen molar-refractivity contribution in [2.45, 2.75) is 44.7 Å². The van der Waals surface area contributed by atoms with Gasteiger partial charge in [0.05, 0.1) is 18.7 Å². The first-order chi connectivity index (χ1) is 10.7. The van der Waals surface area contributed by atoms with Crippen molar-refractivity contribution in [1.82, 2.24) is 10.2 Å². The van der Waals surface area contributed by atoms with Crippen molar-refractivity contribution in [3.8, 4) is 0 Å². The number of furan rings is 1. The van der Waals surface area contributed by atoms with Crippen LogP contribution in [0.4, 0.5) is 0 Å². The standard InChI is InChI=1S/C17H22N2O3/c20-15-8-13(9-19(15)10-14-2-1-7-22-14)17(21)18-16(11-3-4-11)12-5-6-12/h1-2,7,11-13,16H,3-6,8-10H2,(H,18,21)/t13-/m1/s1. The molecule has 1 atom stereocenters. The smallest absolute Gasteiger partial charge is 0.225 e. The zero-order chi connectivity index (χ0) is 15.1. The van der Waals surface area contributed by atoms with E-state index in [0.29, 0.717) is 37.4 Å². The Morgan fingerprint density at radius 3 is 2.64 bits per heavy atom. The monoisotopic (exact) mass is 302 g/mol. The van der Waals surface area contributed by atoms with E-state index in [1.54, 1.807) is 11.2 Å². The normalized spacial score (nSPS) is 25.0. The molecule has 5 nitrogen and oxygen atoms in total. The Bertz CT molecular complexity index is 548. The molecular weight excluding hydrogens is 280 g/mol. The molecule has 1 N–H and O–H groups in total. The van der Waals surface area contributed by atoms with E-state index in [1.165, 1.54) is 25.7 Å². The second-order valence-corrected chi connectivity index (χ2v) is 6.96. The Kier molecular flexibility index (Phi) is 3.43. The number of carbonyl (C=O) groups is 2. The molecule has 0 unspecified atom stereocenters. The lowest BCUT2D eigenvalue weighted by Crippen LogP contribution is -2.42. The van der Waals surface area contributed by atoms with E-state index >= 15 is 0 Å². The van der Waals surface area contributed by atoms with Gasteiger partial charge in [0.2, 0.25) is 11.8 Å². The van der Waals surface area contributed by atoms with E-state index in [4.69, 9.17) is 4.42 Å². The van der Waals surface area contributed by atoms with Gasteiger partial charge >= 0.3 is 0 Å². The SMILES string of the molecule is O=C(NC(C1CC1)C1CC1)[C@@H]1CC(=O)N(Cc2ccco2)C1. The van der Waals surface area contributed by atoms with Crippen LogP contribution in [0.1, 0.15) is 37.9 Å². The number of nitrogens with one attached hydrogen (secondary N) is 1. The van der Waals surface area contributed by atoms with Gasteiger partial charge in [-0.2, -0.15) is 0 Å². The average molecular weight is 302 g/mol. The van der Waals surface area contributed by atoms with E-state index in [1.807, 2.05) is 12.1 Å². The third-order valence-electron chi connectivity index (χ3n) is 5.08. The summed E-state index contributed by atoms with van der Waals surface area (Å²) in [5.74, 6) is 2.05. The first-order valence-corrected chi connectivity index (χ1v) is 8.31. The minimum Gasteiger partial charge on any atom is -0.467 e. The highest BCUT2D eigenvalue weighted by Crippen LogP contribution is 2.44. The molecule has 1 aromatic rings. The summed E-state index contributed by atoms with van der Waals surface area (Å²) in [6.07, 6.45) is 6.92. The Morgan fingerprint density at radius 1 is 1.32 bits per heavy atom. The summed E-state index contributed by atoms with van der Waals surface area (Å²) in [7, 11) is 0. The van der Waals surface area contributed by atoms with Crippen molar-refractivity contribution in [2.75, 3.05) is 6.54 Å². The third-order valence-corrected chi connectivity index (χ3v) is 5.08. The quantitative estimate of drug-likeness (QED) is 0.873. The van der Waals surface area contributed by atoms with Gasteiger partial charge < -0.3 is 14.6 Å². The topological polar surface area (TPSA) is 62.6 Å². The molecule has 0 radical (unpaired) electrons. The molecule has 2 saturated carbocycles. The van der Waals surface area contributed by atoms with Gasteiger partial charge in [-0.3, -0.25) is 9.59 Å². The number of likely N-dealkylation sites (tertiary alicyclic amines) is 1. The number of hydrogen-bond donors (Lipinski definition) is 1. The summed E-state index contributed by atoms with van der Waals surface area (Å²) < 4.78 is 5.29. The average Bonchev–Trinajstić information content (AvgIpc) is 3.43. The number of carbonyl (C=O) groups excluding carboxylic acids is 2. The number of amides is 2. The van der Waals surface area contributed by atoms with Crippen molar-refractivity contribution in [2.24, 2.45) is 17.8 Å². The summed E-state index contributed by atoms with van der Waals surface area (Å²) >= 11 is 0. The molecule has 2 aliphatic carbocycles. The molecule has 0 aromatic carbocycles. The van der Waals surface area contributed by atoms with Crippen LogP contribution in [0.25, 0.3) is 0 Å². The van der Waals surface area contributed by atoms with Crippen molar-refractivity contribution in [1.29, 1.82) is 0 Å². The summed E-state index contributed by atoms with van der Waals surface area (Å²) in [6, 6.07) is 4.04. The van der Waals surface area contributed by atoms with Crippen LogP contribution in [0.2, 0.25) is 0 Å². The maximum Gasteiger partial charge on any atom is 0.225 e. The molecular formula is C17H22N2O3. The Labute approximate surface area is 130 Å². The fourth-order valence-electron chi connectivity index (χ4n) is 3.50. The zero-order valence-electron chi connectivity index (χ0n) is 12.7. The summed E-state index contributed by atoms with van der Waals surface area (Å²) in [5.41, 5.74) is 0. The van der Waals surface area contributed by atoms with Crippen LogP contribution >= 0.6 is 0 Å². The molecule has 3 fully saturated rings. The number of hydrogen-bond acceptors (Lipinski definition) is 3. The van der Waals surface area contributed by atoms with Crippen LogP contribution in [0.15, 0.2) is 22.8 Å². The first kappa shape index (κ1) is 13.9. The predicted octanol–water partition coefficient (Wildman–Crippen LogP) is 1.93. The summed E-state index contributed by atoms with van der Waals surface area (Å²) in [6.45, 7) is 0.970. The second kappa shape index (κ2) is 5.45. The van der Waals surface area contributed by atoms with E-state index < -0.39 is 0 Å². The van der Waals surface area contributed by atoms with Crippen LogP contribution in [-0.2, 0) is 16.1 Å². The van der Waals surface area contributed by atoms with Crippen molar-refractivity contribution < 1.29 is 14.0 Å². The lowest BCUT2D eigenvalue weighted by molar-refractivity contribution is -0.129. The molecule has 1 aliphatic heterocycles. The van der Waals surface area contributed by atoms with Crippen LogP contribution < -0.4 is 5.32 Å². The second-order valence-electron chi connectivity index (χ2n) is 6.96. The van der Waals surface area contributed by atoms with Crippen LogP contribution in [0.3, 0.4) is 0 Å². The highest BCUT2D eigenvalue weighted by Gasteiger charge is 2.44. The van der Waals surface area contributed by atoms with Crippen LogP contribution in [0.5, 0.6) is 0 Å². The molecule has 3 aliphatic rings. The fourth-order valence-corrected chi connectivity index (χ4v) is 3.50. The van der Waals surface area contributed by atoms with Gasteiger partial charge in [-0.25, -0.2) is 0 Å². The third kappa shape index (κ3) is 2.89. The highest BCUT2D eigenvalue weighted by atomic mass is 16.3. The fraction of sp³-hybridized carbons (Fsp3) is 0.647. The summed E-state index contributed by atoms with van der Waals surface area (Å²) in [4.78, 5) is 26.3. The number of rotatable bonds is 6. The van der Waals surface area contributed by atoms with Crippen molar-refractivity contribution in [3.05, 3.63) is 24.2 Å². The van der Waals surface area contributed by atoms with Gasteiger partial charge in [-0.1, -0.05) is 0 Å². The molecule has 1 saturated heterocycles. The molecule has 22 heavy (non-hydrogen) atoms. The van der Waals surface area contributed by atoms with E-state index in [2.05, 4.69) is 5.32 Å². The minimum atomic E-state index is -0.206. The van der Waals surface area contributed by atoms with Gasteiger partial charge in [0.25, 0.3) is 0 Å². The van der Waals surface area contributed by atoms with E-state index in [0.717, 1.165) is 5.76 Å². The lowest BCUT2D eigenvalue weighted by atomic mass is 10.0. The van der Waals surface area contributed by atoms with Crippen LogP contribution in [-0.4, -0.2) is 29.3 Å². The minimum absolute atomic E-state index is 0.0472. The van der Waals surface area contributed by atoms with Crippen molar-refractivity contribution in [3.63, 3.8) is 0 Å². The molecule has 2 amide bonds. The maximum absolute atomic E-state index is 12.5. The van der Waals surface area contributed by atoms with Gasteiger partial charge in [0, 0.05) is 19.0 Å². The largest absolute Gasteiger partial charge is 0.467 e. The molecule has 2 heterocycles. The predicted molar refractivity (Wildman–Crippen MR) is 79.6 cm³/mol. The summed E-state index contributed by atoms with van der Waals surface area (Å²) in [5, 5.41) is 3.24. The van der Waals surface area contributed by atoms with Gasteiger partial charge in [0.15, 0.2) is 0 Å². The van der Waals surface area contributed by atoms with Gasteiger partial charge in [-0.15, -0.1) is 0 Å².